The Bertz CT molecular complexity index is 627. The second-order valence-electron chi connectivity index (χ2n) is 6.11. The molecule has 1 aliphatic heterocycles. The van der Waals surface area contributed by atoms with Crippen LogP contribution in [0.2, 0.25) is 0 Å². The zero-order valence-corrected chi connectivity index (χ0v) is 12.3. The summed E-state index contributed by atoms with van der Waals surface area (Å²) in [6.45, 7) is 5.89. The molecule has 0 saturated heterocycles. The second-order valence-corrected chi connectivity index (χ2v) is 6.11. The van der Waals surface area contributed by atoms with Crippen LogP contribution in [0.3, 0.4) is 0 Å². The molecule has 0 fully saturated rings. The first-order chi connectivity index (χ1) is 9.65. The predicted molar refractivity (Wildman–Crippen MR) is 81.7 cm³/mol. The standard InChI is InChI=1S/C17H22N2O/c1-12(2)11-17(20)19-9-7-14-13-5-3-4-6-15(13)18-16(14)8-10-19/h3-6,12,18H,7-11H2,1-2H3. The lowest BCUT2D eigenvalue weighted by atomic mass is 10.1. The highest BCUT2D eigenvalue weighted by Gasteiger charge is 2.21. The first-order valence-electron chi connectivity index (χ1n) is 7.51. The van der Waals surface area contributed by atoms with Gasteiger partial charge in [0.25, 0.3) is 0 Å². The van der Waals surface area contributed by atoms with Crippen molar-refractivity contribution < 1.29 is 4.79 Å². The van der Waals surface area contributed by atoms with E-state index >= 15 is 0 Å². The Balaban J connectivity index is 1.80. The van der Waals surface area contributed by atoms with Crippen LogP contribution in [0.1, 0.15) is 31.5 Å². The minimum absolute atomic E-state index is 0.300. The van der Waals surface area contributed by atoms with Crippen molar-refractivity contribution in [2.45, 2.75) is 33.1 Å². The van der Waals surface area contributed by atoms with E-state index in [1.807, 2.05) is 4.90 Å². The Labute approximate surface area is 120 Å². The quantitative estimate of drug-likeness (QED) is 0.894. The molecule has 2 aromatic rings. The molecule has 1 N–H and O–H groups in total. The van der Waals surface area contributed by atoms with Crippen LogP contribution in [0.15, 0.2) is 24.3 Å². The molecule has 0 atom stereocenters. The number of amides is 1. The highest BCUT2D eigenvalue weighted by atomic mass is 16.2. The summed E-state index contributed by atoms with van der Waals surface area (Å²) in [6, 6.07) is 8.46. The van der Waals surface area contributed by atoms with Gasteiger partial charge in [0.1, 0.15) is 0 Å². The lowest BCUT2D eigenvalue weighted by Gasteiger charge is -2.21. The van der Waals surface area contributed by atoms with Crippen LogP contribution in [0.25, 0.3) is 10.9 Å². The number of H-pyrrole nitrogens is 1. The van der Waals surface area contributed by atoms with Crippen LogP contribution < -0.4 is 0 Å². The maximum atomic E-state index is 12.2. The third-order valence-electron chi connectivity index (χ3n) is 4.10. The fourth-order valence-corrected chi connectivity index (χ4v) is 3.09. The van der Waals surface area contributed by atoms with E-state index in [0.29, 0.717) is 18.2 Å². The van der Waals surface area contributed by atoms with Gasteiger partial charge in [0.15, 0.2) is 0 Å². The molecule has 2 heterocycles. The third-order valence-corrected chi connectivity index (χ3v) is 4.10. The first kappa shape index (κ1) is 13.2. The number of para-hydroxylation sites is 1. The van der Waals surface area contributed by atoms with Gasteiger partial charge in [-0.25, -0.2) is 0 Å². The zero-order chi connectivity index (χ0) is 14.1. The highest BCUT2D eigenvalue weighted by Crippen LogP contribution is 2.25. The van der Waals surface area contributed by atoms with E-state index in [-0.39, 0.29) is 0 Å². The predicted octanol–water partition coefficient (Wildman–Crippen LogP) is 3.14. The molecule has 1 aliphatic rings. The normalized spacial score (nSPS) is 15.4. The van der Waals surface area contributed by atoms with Crippen molar-refractivity contribution in [3.8, 4) is 0 Å². The van der Waals surface area contributed by atoms with Gasteiger partial charge in [-0.05, 0) is 24.0 Å². The number of nitrogens with one attached hydrogen (secondary N) is 1. The first-order valence-corrected chi connectivity index (χ1v) is 7.51. The van der Waals surface area contributed by atoms with Gasteiger partial charge in [-0.1, -0.05) is 32.0 Å². The summed E-state index contributed by atoms with van der Waals surface area (Å²) in [4.78, 5) is 17.8. The van der Waals surface area contributed by atoms with Crippen molar-refractivity contribution in [3.63, 3.8) is 0 Å². The molecule has 20 heavy (non-hydrogen) atoms. The van der Waals surface area contributed by atoms with Gasteiger partial charge in [0.05, 0.1) is 0 Å². The van der Waals surface area contributed by atoms with Crippen molar-refractivity contribution in [1.29, 1.82) is 0 Å². The van der Waals surface area contributed by atoms with E-state index in [9.17, 15) is 4.79 Å². The summed E-state index contributed by atoms with van der Waals surface area (Å²) in [5.41, 5.74) is 3.94. The topological polar surface area (TPSA) is 36.1 Å². The monoisotopic (exact) mass is 270 g/mol. The maximum Gasteiger partial charge on any atom is 0.222 e. The second kappa shape index (κ2) is 5.31. The Morgan fingerprint density at radius 2 is 2.00 bits per heavy atom. The van der Waals surface area contributed by atoms with Gasteiger partial charge < -0.3 is 9.88 Å². The molecule has 0 spiro atoms. The number of hydrogen-bond donors (Lipinski definition) is 1. The maximum absolute atomic E-state index is 12.2. The molecule has 1 amide bonds. The number of rotatable bonds is 2. The van der Waals surface area contributed by atoms with Crippen LogP contribution in [0.5, 0.6) is 0 Å². The average molecular weight is 270 g/mol. The summed E-state index contributed by atoms with van der Waals surface area (Å²) in [6.07, 6.45) is 2.56. The van der Waals surface area contributed by atoms with Gasteiger partial charge >= 0.3 is 0 Å². The van der Waals surface area contributed by atoms with Crippen LogP contribution in [-0.4, -0.2) is 28.9 Å². The largest absolute Gasteiger partial charge is 0.358 e. The smallest absolute Gasteiger partial charge is 0.222 e. The number of aromatic nitrogens is 1. The lowest BCUT2D eigenvalue weighted by Crippen LogP contribution is -2.34. The molecule has 3 heteroatoms. The highest BCUT2D eigenvalue weighted by molar-refractivity contribution is 5.85. The molecule has 1 aromatic carbocycles. The Morgan fingerprint density at radius 1 is 1.25 bits per heavy atom. The lowest BCUT2D eigenvalue weighted by molar-refractivity contribution is -0.131. The summed E-state index contributed by atoms with van der Waals surface area (Å²) in [5, 5.41) is 1.32. The fraction of sp³-hybridized carbons (Fsp3) is 0.471. The summed E-state index contributed by atoms with van der Waals surface area (Å²) in [5.74, 6) is 0.735. The molecular weight excluding hydrogens is 248 g/mol. The third kappa shape index (κ3) is 2.45. The van der Waals surface area contributed by atoms with Crippen LogP contribution in [0, 0.1) is 5.92 Å². The minimum atomic E-state index is 0.300. The molecule has 0 radical (unpaired) electrons. The molecule has 3 rings (SSSR count). The fourth-order valence-electron chi connectivity index (χ4n) is 3.09. The van der Waals surface area contributed by atoms with Crippen molar-refractivity contribution in [2.24, 2.45) is 5.92 Å². The van der Waals surface area contributed by atoms with Crippen molar-refractivity contribution >= 4 is 16.8 Å². The van der Waals surface area contributed by atoms with Crippen LogP contribution >= 0.6 is 0 Å². The number of carbonyl (C=O) groups excluding carboxylic acids is 1. The Kier molecular flexibility index (Phi) is 3.51. The Morgan fingerprint density at radius 3 is 2.80 bits per heavy atom. The van der Waals surface area contributed by atoms with Crippen molar-refractivity contribution in [3.05, 3.63) is 35.5 Å². The molecule has 0 unspecified atom stereocenters. The van der Waals surface area contributed by atoms with Gasteiger partial charge in [-0.2, -0.15) is 0 Å². The number of aromatic amines is 1. The summed E-state index contributed by atoms with van der Waals surface area (Å²) < 4.78 is 0. The van der Waals surface area contributed by atoms with E-state index in [2.05, 4.69) is 43.1 Å². The van der Waals surface area contributed by atoms with Gasteiger partial charge in [-0.15, -0.1) is 0 Å². The van der Waals surface area contributed by atoms with Gasteiger partial charge in [0.2, 0.25) is 5.91 Å². The number of hydrogen-bond acceptors (Lipinski definition) is 1. The number of fused-ring (bicyclic) bond motifs is 3. The Hall–Kier alpha value is -1.77. The van der Waals surface area contributed by atoms with Crippen molar-refractivity contribution in [2.75, 3.05) is 13.1 Å². The molecule has 1 aromatic heterocycles. The molecular formula is C17H22N2O. The van der Waals surface area contributed by atoms with Crippen LogP contribution in [-0.2, 0) is 17.6 Å². The van der Waals surface area contributed by atoms with Crippen LogP contribution in [0.4, 0.5) is 0 Å². The summed E-state index contributed by atoms with van der Waals surface area (Å²) in [7, 11) is 0. The molecule has 106 valence electrons. The van der Waals surface area contributed by atoms with E-state index in [4.69, 9.17) is 0 Å². The van der Waals surface area contributed by atoms with Gasteiger partial charge in [-0.3, -0.25) is 4.79 Å². The number of benzene rings is 1. The molecule has 0 aliphatic carbocycles. The van der Waals surface area contributed by atoms with E-state index in [1.54, 1.807) is 0 Å². The molecule has 3 nitrogen and oxygen atoms in total. The minimum Gasteiger partial charge on any atom is -0.358 e. The van der Waals surface area contributed by atoms with E-state index in [0.717, 1.165) is 25.9 Å². The summed E-state index contributed by atoms with van der Waals surface area (Å²) >= 11 is 0. The number of carbonyl (C=O) groups is 1. The van der Waals surface area contributed by atoms with Crippen molar-refractivity contribution in [1.82, 2.24) is 9.88 Å². The van der Waals surface area contributed by atoms with E-state index < -0.39 is 0 Å². The SMILES string of the molecule is CC(C)CC(=O)N1CCc2[nH]c3ccccc3c2CC1. The number of nitrogens with zero attached hydrogens (tertiary/aromatic N) is 1. The van der Waals surface area contributed by atoms with E-state index in [1.165, 1.54) is 22.2 Å². The molecule has 0 saturated carbocycles. The van der Waals surface area contributed by atoms with Gasteiger partial charge in [0, 0.05) is 42.5 Å². The average Bonchev–Trinajstić information content (AvgIpc) is 2.62. The zero-order valence-electron chi connectivity index (χ0n) is 12.3. The molecule has 0 bridgehead atoms.